The maximum Gasteiger partial charge on any atom is 0.407 e. The predicted octanol–water partition coefficient (Wildman–Crippen LogP) is 4.08. The standard InChI is InChI=1S/C30H42F2N4O6/c1-28(2,3)24(35-27(41)42-5)26(40)36-18-30(12-7-6-8-13-30)17-21(36)25(39)34-20(9-14-29(4,31)32)23(38)22(37)19-10-15-33-16-11-19/h10-11,15-16,20-21,24H,6-9,12-14,17-18H2,1-5H3,(H,34,39)(H,35,41)/t20-,21-,24+/m0/s1. The summed E-state index contributed by atoms with van der Waals surface area (Å²) >= 11 is 0. The molecule has 3 rings (SSSR count). The number of alkyl halides is 2. The third kappa shape index (κ3) is 8.32. The Morgan fingerprint density at radius 1 is 1.05 bits per heavy atom. The number of pyridine rings is 1. The summed E-state index contributed by atoms with van der Waals surface area (Å²) in [5.74, 6) is -6.27. The number of aromatic nitrogens is 1. The van der Waals surface area contributed by atoms with Crippen LogP contribution >= 0.6 is 0 Å². The van der Waals surface area contributed by atoms with Gasteiger partial charge < -0.3 is 20.3 Å². The van der Waals surface area contributed by atoms with Gasteiger partial charge in [-0.05, 0) is 55.6 Å². The Hall–Kier alpha value is -3.44. The number of ether oxygens (including phenoxy) is 1. The first-order valence-corrected chi connectivity index (χ1v) is 14.4. The molecule has 10 nitrogen and oxygen atoms in total. The van der Waals surface area contributed by atoms with Crippen molar-refractivity contribution in [2.75, 3.05) is 13.7 Å². The number of amides is 3. The van der Waals surface area contributed by atoms with E-state index in [0.29, 0.717) is 13.3 Å². The highest BCUT2D eigenvalue weighted by Crippen LogP contribution is 2.47. The molecule has 0 bridgehead atoms. The van der Waals surface area contributed by atoms with Gasteiger partial charge in [0.25, 0.3) is 0 Å². The summed E-state index contributed by atoms with van der Waals surface area (Å²) in [6.07, 6.45) is 5.50. The zero-order chi connectivity index (χ0) is 31.3. The first-order valence-electron chi connectivity index (χ1n) is 14.4. The highest BCUT2D eigenvalue weighted by Gasteiger charge is 2.51. The van der Waals surface area contributed by atoms with Crippen LogP contribution in [0.15, 0.2) is 24.5 Å². The largest absolute Gasteiger partial charge is 0.453 e. The first-order chi connectivity index (χ1) is 19.6. The fourth-order valence-electron chi connectivity index (χ4n) is 5.92. The Bertz CT molecular complexity index is 1160. The lowest BCUT2D eigenvalue weighted by Crippen LogP contribution is -2.58. The number of alkyl carbamates (subject to hydrolysis) is 1. The van der Waals surface area contributed by atoms with Crippen LogP contribution in [-0.2, 0) is 19.1 Å². The molecule has 1 saturated carbocycles. The number of likely N-dealkylation sites (tertiary alicyclic amines) is 1. The van der Waals surface area contributed by atoms with Gasteiger partial charge in [-0.2, -0.15) is 0 Å². The summed E-state index contributed by atoms with van der Waals surface area (Å²) in [4.78, 5) is 71.4. The molecule has 12 heteroatoms. The molecule has 0 radical (unpaired) electrons. The van der Waals surface area contributed by atoms with E-state index in [0.717, 1.165) is 32.1 Å². The fourth-order valence-corrected chi connectivity index (χ4v) is 5.92. The van der Waals surface area contributed by atoms with Gasteiger partial charge in [-0.25, -0.2) is 13.6 Å². The van der Waals surface area contributed by atoms with Crippen LogP contribution in [0.1, 0.15) is 89.4 Å². The van der Waals surface area contributed by atoms with Crippen LogP contribution in [0.5, 0.6) is 0 Å². The van der Waals surface area contributed by atoms with Gasteiger partial charge in [-0.1, -0.05) is 40.0 Å². The molecule has 2 aliphatic rings. The first kappa shape index (κ1) is 33.1. The zero-order valence-corrected chi connectivity index (χ0v) is 25.0. The lowest BCUT2D eigenvalue weighted by Gasteiger charge is -2.36. The van der Waals surface area contributed by atoms with E-state index in [1.807, 2.05) is 0 Å². The number of hydrogen-bond acceptors (Lipinski definition) is 7. The van der Waals surface area contributed by atoms with Crippen molar-refractivity contribution >= 4 is 29.5 Å². The number of methoxy groups -OCH3 is 1. The minimum Gasteiger partial charge on any atom is -0.453 e. The summed E-state index contributed by atoms with van der Waals surface area (Å²) in [6, 6.07) is -0.899. The summed E-state index contributed by atoms with van der Waals surface area (Å²) in [6.45, 7) is 6.30. The minimum absolute atomic E-state index is 0.0261. The van der Waals surface area contributed by atoms with Crippen molar-refractivity contribution in [1.82, 2.24) is 20.5 Å². The van der Waals surface area contributed by atoms with E-state index in [4.69, 9.17) is 4.74 Å². The van der Waals surface area contributed by atoms with E-state index in [1.54, 1.807) is 20.8 Å². The van der Waals surface area contributed by atoms with Crippen LogP contribution in [0.2, 0.25) is 0 Å². The third-order valence-corrected chi connectivity index (χ3v) is 8.24. The molecule has 42 heavy (non-hydrogen) atoms. The Morgan fingerprint density at radius 3 is 2.21 bits per heavy atom. The predicted molar refractivity (Wildman–Crippen MR) is 150 cm³/mol. The molecule has 2 fully saturated rings. The van der Waals surface area contributed by atoms with E-state index < -0.39 is 71.8 Å². The summed E-state index contributed by atoms with van der Waals surface area (Å²) in [7, 11) is 1.19. The van der Waals surface area contributed by atoms with E-state index >= 15 is 0 Å². The van der Waals surface area contributed by atoms with Gasteiger partial charge in [0.15, 0.2) is 0 Å². The summed E-state index contributed by atoms with van der Waals surface area (Å²) in [5.41, 5.74) is -1.04. The second-order valence-corrected chi connectivity index (χ2v) is 12.8. The van der Waals surface area contributed by atoms with Crippen molar-refractivity contribution in [3.8, 4) is 0 Å². The average molecular weight is 593 g/mol. The highest BCUT2D eigenvalue weighted by atomic mass is 19.3. The Labute approximate surface area is 245 Å². The second kappa shape index (κ2) is 13.2. The molecule has 3 atom stereocenters. The van der Waals surface area contributed by atoms with Crippen molar-refractivity contribution in [2.24, 2.45) is 10.8 Å². The Kier molecular flexibility index (Phi) is 10.4. The Morgan fingerprint density at radius 2 is 1.67 bits per heavy atom. The molecule has 2 heterocycles. The molecule has 1 saturated heterocycles. The smallest absolute Gasteiger partial charge is 0.407 e. The van der Waals surface area contributed by atoms with Gasteiger partial charge >= 0.3 is 6.09 Å². The van der Waals surface area contributed by atoms with E-state index in [1.165, 1.54) is 36.5 Å². The van der Waals surface area contributed by atoms with Crippen LogP contribution in [0.25, 0.3) is 0 Å². The monoisotopic (exact) mass is 592 g/mol. The van der Waals surface area contributed by atoms with Crippen molar-refractivity contribution in [2.45, 2.75) is 103 Å². The number of nitrogens with one attached hydrogen (secondary N) is 2. The highest BCUT2D eigenvalue weighted by molar-refractivity contribution is 6.45. The van der Waals surface area contributed by atoms with E-state index in [9.17, 15) is 32.8 Å². The van der Waals surface area contributed by atoms with Crippen LogP contribution in [0, 0.1) is 10.8 Å². The van der Waals surface area contributed by atoms with Crippen LogP contribution < -0.4 is 10.6 Å². The van der Waals surface area contributed by atoms with Gasteiger partial charge in [-0.15, -0.1) is 0 Å². The van der Waals surface area contributed by atoms with Gasteiger partial charge in [0, 0.05) is 30.9 Å². The number of halogens is 2. The molecule has 2 N–H and O–H groups in total. The van der Waals surface area contributed by atoms with Crippen LogP contribution in [0.4, 0.5) is 13.6 Å². The SMILES string of the molecule is COC(=O)N[C@H](C(=O)N1CC2(CCCCC2)C[C@H]1C(=O)N[C@@H](CCC(C)(F)F)C(=O)C(=O)c1ccncc1)C(C)(C)C. The van der Waals surface area contributed by atoms with E-state index in [-0.39, 0.29) is 17.5 Å². The van der Waals surface area contributed by atoms with Crippen molar-refractivity contribution < 1.29 is 37.5 Å². The number of carbonyl (C=O) groups excluding carboxylic acids is 5. The molecule has 1 aliphatic heterocycles. The second-order valence-electron chi connectivity index (χ2n) is 12.8. The molecule has 0 unspecified atom stereocenters. The number of carbonyl (C=O) groups is 5. The lowest BCUT2D eigenvalue weighted by molar-refractivity contribution is -0.142. The third-order valence-electron chi connectivity index (χ3n) is 8.24. The zero-order valence-electron chi connectivity index (χ0n) is 25.0. The molecule has 1 spiro atoms. The van der Waals surface area contributed by atoms with Gasteiger partial charge in [-0.3, -0.25) is 24.2 Å². The Balaban J connectivity index is 1.92. The molecular weight excluding hydrogens is 550 g/mol. The maximum atomic E-state index is 14.0. The van der Waals surface area contributed by atoms with Gasteiger partial charge in [0.05, 0.1) is 13.2 Å². The molecular formula is C30H42F2N4O6. The maximum absolute atomic E-state index is 14.0. The molecule has 1 aromatic rings. The quantitative estimate of drug-likeness (QED) is 0.309. The number of ketones is 2. The minimum atomic E-state index is -3.13. The van der Waals surface area contributed by atoms with Crippen molar-refractivity contribution in [1.29, 1.82) is 0 Å². The lowest BCUT2D eigenvalue weighted by atomic mass is 9.72. The van der Waals surface area contributed by atoms with Gasteiger partial charge in [0.2, 0.25) is 29.3 Å². The van der Waals surface area contributed by atoms with Crippen LogP contribution in [-0.4, -0.2) is 77.1 Å². The molecule has 232 valence electrons. The topological polar surface area (TPSA) is 135 Å². The number of Topliss-reactive ketones (excluding diaryl/α,β-unsaturated/α-hetero) is 2. The summed E-state index contributed by atoms with van der Waals surface area (Å²) in [5, 5.41) is 5.15. The average Bonchev–Trinajstić information content (AvgIpc) is 3.30. The van der Waals surface area contributed by atoms with Crippen molar-refractivity contribution in [3.05, 3.63) is 30.1 Å². The molecule has 3 amide bonds. The summed E-state index contributed by atoms with van der Waals surface area (Å²) < 4.78 is 32.4. The molecule has 1 aliphatic carbocycles. The van der Waals surface area contributed by atoms with Crippen LogP contribution in [0.3, 0.4) is 0 Å². The number of nitrogens with zero attached hydrogens (tertiary/aromatic N) is 2. The van der Waals surface area contributed by atoms with Gasteiger partial charge in [0.1, 0.15) is 12.1 Å². The number of rotatable bonds is 10. The van der Waals surface area contributed by atoms with Crippen molar-refractivity contribution in [3.63, 3.8) is 0 Å². The fraction of sp³-hybridized carbons (Fsp3) is 0.667. The molecule has 0 aromatic carbocycles. The van der Waals surface area contributed by atoms with E-state index in [2.05, 4.69) is 15.6 Å². The number of hydrogen-bond donors (Lipinski definition) is 2. The molecule has 1 aromatic heterocycles. The normalized spacial score (nSPS) is 20.0.